The van der Waals surface area contributed by atoms with Gasteiger partial charge in [-0.1, -0.05) is 328 Å². The van der Waals surface area contributed by atoms with Crippen LogP contribution in [0, 0.1) is 0 Å². The Hall–Kier alpha value is -18.3. The molecule has 0 amide bonds. The molecule has 12 aromatic heterocycles. The molecular weight excluding hydrogens is 1630 g/mol. The van der Waals surface area contributed by atoms with Gasteiger partial charge in [0.25, 0.3) is 0 Å². The zero-order valence-electron chi connectivity index (χ0n) is 71.8. The summed E-state index contributed by atoms with van der Waals surface area (Å²) >= 11 is 0. The van der Waals surface area contributed by atoms with Crippen LogP contribution in [0.4, 0.5) is 0 Å². The van der Waals surface area contributed by atoms with Gasteiger partial charge in [-0.3, -0.25) is 13.7 Å². The van der Waals surface area contributed by atoms with Gasteiger partial charge in [0.05, 0.1) is 116 Å². The summed E-state index contributed by atoms with van der Waals surface area (Å²) in [6.07, 6.45) is 0. The van der Waals surface area contributed by atoms with Crippen molar-refractivity contribution in [2.75, 3.05) is 0 Å². The first kappa shape index (κ1) is 72.7. The van der Waals surface area contributed by atoms with Crippen LogP contribution in [0.2, 0.25) is 0 Å². The molecule has 12 heteroatoms. The van der Waals surface area contributed by atoms with Gasteiger partial charge >= 0.3 is 0 Å². The molecule has 0 aliphatic rings. The summed E-state index contributed by atoms with van der Waals surface area (Å²) in [5, 5.41) is 27.0. The Labute approximate surface area is 761 Å². The SMILES string of the molecule is c1ccc(-c2nc3c(ccc4ccccc43)nc2-n2c3cccc4c5cccc6c7ccccc7n(c7cccc2c7c43)c56)cc1.c1ccc(-c2nc3ccc4ccccc4c3nc2-n2c3cccc4c5cccc6c7ccccc7n(c7cccc2c7c43)c56)cc1.c1ccc(-c2nc3ccccc3nc2-n2c3cccc4c5cccc6c7ccccc7n(c7cccc2c7c43)c56)cc1. The predicted octanol–water partition coefficient (Wildman–Crippen LogP) is 30.9. The minimum absolute atomic E-state index is 0.833. The molecule has 12 heterocycles. The smallest absolute Gasteiger partial charge is 0.165 e. The van der Waals surface area contributed by atoms with E-state index in [4.69, 9.17) is 29.9 Å². The molecular formula is C122H70N12. The van der Waals surface area contributed by atoms with E-state index in [9.17, 15) is 0 Å². The number of nitrogens with zero attached hydrogens (tertiary/aromatic N) is 12. The third kappa shape index (κ3) is 10.0. The van der Waals surface area contributed by atoms with Crippen LogP contribution in [0.15, 0.2) is 425 Å². The highest BCUT2D eigenvalue weighted by Gasteiger charge is 2.31. The van der Waals surface area contributed by atoms with E-state index in [2.05, 4.69) is 421 Å². The molecule has 0 saturated heterocycles. The second-order valence-corrected chi connectivity index (χ2v) is 35.4. The van der Waals surface area contributed by atoms with Crippen molar-refractivity contribution in [3.05, 3.63) is 425 Å². The quantitative estimate of drug-likeness (QED) is 0.154. The maximum absolute atomic E-state index is 5.54. The minimum Gasteiger partial charge on any atom is -0.308 e. The van der Waals surface area contributed by atoms with Crippen molar-refractivity contribution < 1.29 is 0 Å². The van der Waals surface area contributed by atoms with E-state index in [1.807, 2.05) is 30.3 Å². The van der Waals surface area contributed by atoms with Gasteiger partial charge in [0, 0.05) is 108 Å². The molecule has 0 aliphatic carbocycles. The molecule has 618 valence electrons. The van der Waals surface area contributed by atoms with Gasteiger partial charge in [0.2, 0.25) is 0 Å². The van der Waals surface area contributed by atoms with E-state index in [-0.39, 0.29) is 0 Å². The van der Waals surface area contributed by atoms with Crippen LogP contribution in [0.3, 0.4) is 0 Å². The van der Waals surface area contributed by atoms with Crippen LogP contribution in [0.1, 0.15) is 0 Å². The molecule has 12 nitrogen and oxygen atoms in total. The Morgan fingerprint density at radius 3 is 0.784 bits per heavy atom. The molecule has 32 rings (SSSR count). The molecule has 0 fully saturated rings. The van der Waals surface area contributed by atoms with Crippen molar-refractivity contribution in [3.63, 3.8) is 0 Å². The molecule has 134 heavy (non-hydrogen) atoms. The highest BCUT2D eigenvalue weighted by molar-refractivity contribution is 6.35. The average molecular weight is 1700 g/mol. The standard InChI is InChI=1S/2C42H24N4.C38H22N4/c1-2-12-26(13-3-1)39-42(43-32-24-23-25-11-4-5-14-27(25)40(32)44-39)46-34-20-9-16-29-31-18-8-17-30-28-15-6-7-19-33(28)45(41(30)31)35-21-10-22-36(46)38(35)37(29)34;1-2-12-26(13-3-1)39-42(44-40-27-14-5-4-11-25(27)23-24-32(40)43-39)46-34-20-9-16-29-31-18-8-17-30-28-15-6-7-19-33(28)45(41(30)31)35-21-10-22-36(46)38(35)37(29)34;1-2-11-23(12-3-1)36-38(40-29-18-6-5-17-28(29)39-36)42-31-20-9-14-25-27-16-8-15-26-24-13-4-7-19-30(24)41(37(26)27)32-21-10-22-33(42)35(32)34(25)31/h2*1-24H;1-22H. The van der Waals surface area contributed by atoms with Crippen LogP contribution < -0.4 is 0 Å². The number of hydrogen-bond acceptors (Lipinski definition) is 6. The molecule has 0 saturated carbocycles. The van der Waals surface area contributed by atoms with E-state index >= 15 is 0 Å². The van der Waals surface area contributed by atoms with Crippen molar-refractivity contribution in [3.8, 4) is 51.2 Å². The summed E-state index contributed by atoms with van der Waals surface area (Å²) in [5.41, 5.74) is 28.8. The molecule has 0 atom stereocenters. The monoisotopic (exact) mass is 1700 g/mol. The zero-order valence-corrected chi connectivity index (χ0v) is 71.8. The van der Waals surface area contributed by atoms with E-state index in [1.54, 1.807) is 0 Å². The molecule has 0 N–H and O–H groups in total. The number of rotatable bonds is 6. The third-order valence-corrected chi connectivity index (χ3v) is 28.5. The summed E-state index contributed by atoms with van der Waals surface area (Å²) in [6, 6.07) is 152. The van der Waals surface area contributed by atoms with E-state index in [1.165, 1.54) is 147 Å². The summed E-state index contributed by atoms with van der Waals surface area (Å²) in [7, 11) is 0. The van der Waals surface area contributed by atoms with Gasteiger partial charge in [0.15, 0.2) is 17.5 Å². The van der Waals surface area contributed by atoms with Crippen molar-refractivity contribution in [2.24, 2.45) is 0 Å². The van der Waals surface area contributed by atoms with Gasteiger partial charge in [0.1, 0.15) is 17.1 Å². The van der Waals surface area contributed by atoms with Crippen molar-refractivity contribution in [1.29, 1.82) is 0 Å². The lowest BCUT2D eigenvalue weighted by Crippen LogP contribution is -2.04. The van der Waals surface area contributed by atoms with E-state index in [0.717, 1.165) is 139 Å². The fraction of sp³-hybridized carbons (Fsp3) is 0. The maximum Gasteiger partial charge on any atom is 0.165 e. The number of fused-ring (bicyclic) bond motifs is 22. The van der Waals surface area contributed by atoms with Gasteiger partial charge in [-0.05, 0) is 124 Å². The zero-order chi connectivity index (χ0) is 87.2. The van der Waals surface area contributed by atoms with Crippen molar-refractivity contribution in [2.45, 2.75) is 0 Å². The average Bonchev–Trinajstić information content (AvgIpc) is 1.53. The normalized spacial score (nSPS) is 12.3. The van der Waals surface area contributed by atoms with Crippen LogP contribution in [-0.2, 0) is 0 Å². The first-order valence-corrected chi connectivity index (χ1v) is 45.7. The molecule has 0 bridgehead atoms. The second-order valence-electron chi connectivity index (χ2n) is 35.4. The Morgan fingerprint density at radius 2 is 0.388 bits per heavy atom. The fourth-order valence-corrected chi connectivity index (χ4v) is 23.0. The lowest BCUT2D eigenvalue weighted by molar-refractivity contribution is 1.08. The van der Waals surface area contributed by atoms with E-state index in [0.29, 0.717) is 0 Å². The second kappa shape index (κ2) is 27.6. The van der Waals surface area contributed by atoms with Crippen molar-refractivity contribution >= 4 is 234 Å². The first-order valence-electron chi connectivity index (χ1n) is 45.7. The summed E-state index contributed by atoms with van der Waals surface area (Å²) in [4.78, 5) is 32.3. The number of hydrogen-bond donors (Lipinski definition) is 0. The number of aromatic nitrogens is 12. The van der Waals surface area contributed by atoms with Crippen LogP contribution in [0.5, 0.6) is 0 Å². The van der Waals surface area contributed by atoms with Gasteiger partial charge in [-0.15, -0.1) is 0 Å². The molecule has 0 spiro atoms. The molecule has 0 unspecified atom stereocenters. The fourth-order valence-electron chi connectivity index (χ4n) is 23.0. The largest absolute Gasteiger partial charge is 0.308 e. The first-order chi connectivity index (χ1) is 66.6. The molecule has 0 radical (unpaired) electrons. The molecule has 32 aromatic rings. The Kier molecular flexibility index (Phi) is 15.0. The third-order valence-electron chi connectivity index (χ3n) is 28.5. The Balaban J connectivity index is 0.0000000961. The number of benzene rings is 20. The molecule has 0 aliphatic heterocycles. The van der Waals surface area contributed by atoms with Gasteiger partial charge < -0.3 is 13.2 Å². The lowest BCUT2D eigenvalue weighted by Gasteiger charge is -2.15. The van der Waals surface area contributed by atoms with Crippen LogP contribution in [-0.4, -0.2) is 56.8 Å². The maximum atomic E-state index is 5.54. The van der Waals surface area contributed by atoms with Crippen LogP contribution in [0.25, 0.3) is 286 Å². The predicted molar refractivity (Wildman–Crippen MR) is 557 cm³/mol. The topological polar surface area (TPSA) is 105 Å². The summed E-state index contributed by atoms with van der Waals surface area (Å²) in [5.74, 6) is 2.51. The van der Waals surface area contributed by atoms with Gasteiger partial charge in [-0.25, -0.2) is 29.9 Å². The van der Waals surface area contributed by atoms with Crippen LogP contribution >= 0.6 is 0 Å². The highest BCUT2D eigenvalue weighted by atomic mass is 15.1. The summed E-state index contributed by atoms with van der Waals surface area (Å²) in [6.45, 7) is 0. The van der Waals surface area contributed by atoms with Gasteiger partial charge in [-0.2, -0.15) is 0 Å². The lowest BCUT2D eigenvalue weighted by atomic mass is 10.0. The highest BCUT2D eigenvalue weighted by Crippen LogP contribution is 2.51. The van der Waals surface area contributed by atoms with E-state index < -0.39 is 0 Å². The summed E-state index contributed by atoms with van der Waals surface area (Å²) < 4.78 is 14.4. The van der Waals surface area contributed by atoms with Crippen molar-refractivity contribution in [1.82, 2.24) is 56.8 Å². The number of para-hydroxylation sites is 8. The molecule has 20 aromatic carbocycles. The minimum atomic E-state index is 0.833. The Bertz CT molecular complexity index is 10600. The Morgan fingerprint density at radius 1 is 0.142 bits per heavy atom.